The van der Waals surface area contributed by atoms with Gasteiger partial charge in [-0.05, 0) is 31.2 Å². The number of aromatic nitrogens is 1. The maximum atomic E-state index is 11.3. The van der Waals surface area contributed by atoms with E-state index in [4.69, 9.17) is 16.2 Å². The van der Waals surface area contributed by atoms with Crippen LogP contribution in [0.25, 0.3) is 0 Å². The number of nitrogen functional groups attached to an aromatic ring is 2. The average Bonchev–Trinajstić information content (AvgIpc) is 2.50. The number of nitrogens with zero attached hydrogens (tertiary/aromatic N) is 3. The van der Waals surface area contributed by atoms with E-state index >= 15 is 0 Å². The largest absolute Gasteiger partial charge is 0.513 e. The number of anilines is 2. The number of carbonyl (C=O) groups is 1. The maximum Gasteiger partial charge on any atom is 0.513 e. The van der Waals surface area contributed by atoms with Crippen molar-refractivity contribution in [3.05, 3.63) is 30.3 Å². The summed E-state index contributed by atoms with van der Waals surface area (Å²) in [6, 6.07) is 7.40. The van der Waals surface area contributed by atoms with E-state index in [1.54, 1.807) is 19.1 Å². The fraction of sp³-hybridized carbons (Fsp3) is 0.143. The minimum atomic E-state index is -0.910. The normalized spacial score (nSPS) is 10.7. The van der Waals surface area contributed by atoms with E-state index in [1.165, 1.54) is 18.2 Å². The van der Waals surface area contributed by atoms with Crippen LogP contribution in [0.3, 0.4) is 0 Å². The van der Waals surface area contributed by atoms with Crippen molar-refractivity contribution in [3.63, 3.8) is 0 Å². The quantitative estimate of drug-likeness (QED) is 0.580. The van der Waals surface area contributed by atoms with Gasteiger partial charge in [0.25, 0.3) is 0 Å². The molecule has 9 nitrogen and oxygen atoms in total. The maximum absolute atomic E-state index is 11.3. The number of nitrogens with two attached hydrogens (primary N) is 2. The average molecular weight is 317 g/mol. The highest BCUT2D eigenvalue weighted by Gasteiger charge is 2.13. The fourth-order valence-electron chi connectivity index (χ4n) is 1.54. The molecule has 1 heterocycles. The first kappa shape index (κ1) is 16.0. The highest BCUT2D eigenvalue weighted by atomic mass is 16.7. The number of pyridine rings is 1. The molecule has 0 amide bonds. The van der Waals surface area contributed by atoms with Gasteiger partial charge in [-0.2, -0.15) is 5.11 Å². The Morgan fingerprint density at radius 3 is 2.57 bits per heavy atom. The van der Waals surface area contributed by atoms with Crippen LogP contribution < -0.4 is 16.2 Å². The summed E-state index contributed by atoms with van der Waals surface area (Å²) in [4.78, 5) is 15.2. The van der Waals surface area contributed by atoms with Crippen LogP contribution in [0.5, 0.6) is 11.5 Å². The Kier molecular flexibility index (Phi) is 4.92. The highest BCUT2D eigenvalue weighted by molar-refractivity contribution is 5.71. The van der Waals surface area contributed by atoms with E-state index < -0.39 is 6.16 Å². The monoisotopic (exact) mass is 317 g/mol. The van der Waals surface area contributed by atoms with Gasteiger partial charge in [-0.15, -0.1) is 5.11 Å². The van der Waals surface area contributed by atoms with Crippen molar-refractivity contribution >= 4 is 29.2 Å². The Bertz CT molecular complexity index is 731. The number of rotatable bonds is 4. The van der Waals surface area contributed by atoms with Gasteiger partial charge in [-0.1, -0.05) is 0 Å². The van der Waals surface area contributed by atoms with E-state index in [-0.39, 0.29) is 35.4 Å². The molecule has 1 aromatic heterocycles. The number of aromatic hydroxyl groups is 1. The molecule has 0 aliphatic rings. The topological polar surface area (TPSA) is 145 Å². The van der Waals surface area contributed by atoms with Gasteiger partial charge in [0.2, 0.25) is 0 Å². The third kappa shape index (κ3) is 4.30. The predicted molar refractivity (Wildman–Crippen MR) is 83.0 cm³/mol. The lowest BCUT2D eigenvalue weighted by molar-refractivity contribution is 0.104. The highest BCUT2D eigenvalue weighted by Crippen LogP contribution is 2.31. The van der Waals surface area contributed by atoms with Crippen LogP contribution in [0.15, 0.2) is 40.6 Å². The molecule has 0 unspecified atom stereocenters. The molecule has 2 rings (SSSR count). The third-order valence-electron chi connectivity index (χ3n) is 2.60. The summed E-state index contributed by atoms with van der Waals surface area (Å²) in [5.74, 6) is 0.0421. The van der Waals surface area contributed by atoms with Crippen molar-refractivity contribution in [2.24, 2.45) is 10.2 Å². The Morgan fingerprint density at radius 2 is 1.91 bits per heavy atom. The number of phenols is 1. The zero-order valence-electron chi connectivity index (χ0n) is 12.3. The van der Waals surface area contributed by atoms with Crippen molar-refractivity contribution in [1.82, 2.24) is 4.98 Å². The molecule has 2 aromatic rings. The molecule has 0 fully saturated rings. The van der Waals surface area contributed by atoms with Crippen molar-refractivity contribution in [2.75, 3.05) is 18.1 Å². The number of azo groups is 1. The number of phenolic OH excluding ortho intramolecular Hbond substituents is 1. The van der Waals surface area contributed by atoms with Crippen LogP contribution in [-0.2, 0) is 4.74 Å². The van der Waals surface area contributed by atoms with Gasteiger partial charge in [0.1, 0.15) is 11.4 Å². The first-order valence-corrected chi connectivity index (χ1v) is 6.61. The molecule has 0 saturated heterocycles. The van der Waals surface area contributed by atoms with Crippen LogP contribution in [0.4, 0.5) is 27.8 Å². The molecule has 0 aliphatic heterocycles. The summed E-state index contributed by atoms with van der Waals surface area (Å²) in [6.45, 7) is 1.80. The summed E-state index contributed by atoms with van der Waals surface area (Å²) in [7, 11) is 0. The van der Waals surface area contributed by atoms with E-state index in [0.717, 1.165) is 0 Å². The van der Waals surface area contributed by atoms with Crippen LogP contribution in [0.1, 0.15) is 6.92 Å². The number of carbonyl (C=O) groups excluding carboxylic acids is 1. The molecule has 5 N–H and O–H groups in total. The minimum Gasteiger partial charge on any atom is -0.508 e. The lowest BCUT2D eigenvalue weighted by atomic mass is 10.3. The van der Waals surface area contributed by atoms with E-state index in [1.807, 2.05) is 0 Å². The van der Waals surface area contributed by atoms with Gasteiger partial charge in [0, 0.05) is 6.07 Å². The molecule has 9 heteroatoms. The van der Waals surface area contributed by atoms with Crippen LogP contribution in [0.2, 0.25) is 0 Å². The summed E-state index contributed by atoms with van der Waals surface area (Å²) in [5, 5.41) is 17.1. The van der Waals surface area contributed by atoms with Gasteiger partial charge < -0.3 is 26.0 Å². The van der Waals surface area contributed by atoms with Crippen molar-refractivity contribution in [2.45, 2.75) is 6.92 Å². The molecule has 0 aliphatic carbocycles. The molecule has 0 spiro atoms. The SMILES string of the molecule is CCOC(=O)Oc1cc(N=Nc2ccc(O)cc2)c(N)nc1N. The number of benzene rings is 1. The number of ether oxygens (including phenoxy) is 2. The van der Waals surface area contributed by atoms with Gasteiger partial charge in [-0.25, -0.2) is 9.78 Å². The lowest BCUT2D eigenvalue weighted by Gasteiger charge is -2.08. The second-order valence-electron chi connectivity index (χ2n) is 4.28. The standard InChI is InChI=1S/C14H15N5O4/c1-2-22-14(21)23-11-7-10(12(15)17-13(11)16)19-18-8-3-5-9(20)6-4-8/h3-7,20H,2H2,1H3,(H4,15,16,17). The molecular formula is C14H15N5O4. The Morgan fingerprint density at radius 1 is 1.22 bits per heavy atom. The molecule has 0 bridgehead atoms. The van der Waals surface area contributed by atoms with Gasteiger partial charge in [-0.3, -0.25) is 0 Å². The van der Waals surface area contributed by atoms with Crippen LogP contribution in [0, 0.1) is 0 Å². The molecule has 23 heavy (non-hydrogen) atoms. The second kappa shape index (κ2) is 7.07. The van der Waals surface area contributed by atoms with Crippen molar-refractivity contribution < 1.29 is 19.4 Å². The number of hydrogen-bond donors (Lipinski definition) is 3. The lowest BCUT2D eigenvalue weighted by Crippen LogP contribution is -2.12. The first-order valence-electron chi connectivity index (χ1n) is 6.61. The summed E-state index contributed by atoms with van der Waals surface area (Å²) in [5.41, 5.74) is 12.0. The summed E-state index contributed by atoms with van der Waals surface area (Å²) >= 11 is 0. The Balaban J connectivity index is 2.24. The van der Waals surface area contributed by atoms with E-state index in [9.17, 15) is 9.90 Å². The van der Waals surface area contributed by atoms with Crippen LogP contribution in [-0.4, -0.2) is 22.9 Å². The molecular weight excluding hydrogens is 302 g/mol. The molecule has 0 atom stereocenters. The van der Waals surface area contributed by atoms with E-state index in [0.29, 0.717) is 5.69 Å². The number of hydrogen-bond acceptors (Lipinski definition) is 9. The molecule has 1 aromatic carbocycles. The molecule has 120 valence electrons. The van der Waals surface area contributed by atoms with Crippen LogP contribution >= 0.6 is 0 Å². The smallest absolute Gasteiger partial charge is 0.508 e. The van der Waals surface area contributed by atoms with Crippen molar-refractivity contribution in [3.8, 4) is 11.5 Å². The zero-order chi connectivity index (χ0) is 16.8. The van der Waals surface area contributed by atoms with E-state index in [2.05, 4.69) is 19.9 Å². The minimum absolute atomic E-state index is 0.0289. The summed E-state index contributed by atoms with van der Waals surface area (Å²) in [6.07, 6.45) is -0.910. The van der Waals surface area contributed by atoms with Crippen molar-refractivity contribution in [1.29, 1.82) is 0 Å². The van der Waals surface area contributed by atoms with Gasteiger partial charge >= 0.3 is 6.16 Å². The zero-order valence-corrected chi connectivity index (χ0v) is 12.3. The van der Waals surface area contributed by atoms with Gasteiger partial charge in [0.15, 0.2) is 17.4 Å². The third-order valence-corrected chi connectivity index (χ3v) is 2.60. The molecule has 0 saturated carbocycles. The Labute approximate surface area is 131 Å². The Hall–Kier alpha value is -3.36. The fourth-order valence-corrected chi connectivity index (χ4v) is 1.54. The summed E-state index contributed by atoms with van der Waals surface area (Å²) < 4.78 is 9.57. The second-order valence-corrected chi connectivity index (χ2v) is 4.28. The molecule has 0 radical (unpaired) electrons. The first-order chi connectivity index (χ1) is 11.0. The predicted octanol–water partition coefficient (Wildman–Crippen LogP) is 2.90. The van der Waals surface area contributed by atoms with Gasteiger partial charge in [0.05, 0.1) is 12.3 Å².